The van der Waals surface area contributed by atoms with Gasteiger partial charge in [0.1, 0.15) is 11.3 Å². The lowest BCUT2D eigenvalue weighted by molar-refractivity contribution is -0.131. The third-order valence-electron chi connectivity index (χ3n) is 5.28. The van der Waals surface area contributed by atoms with Gasteiger partial charge in [0.05, 0.1) is 6.61 Å². The summed E-state index contributed by atoms with van der Waals surface area (Å²) >= 11 is 0. The smallest absolute Gasteiger partial charge is 0.325 e. The number of amides is 3. The van der Waals surface area contributed by atoms with Gasteiger partial charge in [0.2, 0.25) is 0 Å². The Bertz CT molecular complexity index is 875. The maximum absolute atomic E-state index is 13.0. The van der Waals surface area contributed by atoms with Crippen LogP contribution >= 0.6 is 0 Å². The fourth-order valence-electron chi connectivity index (χ4n) is 3.62. The second-order valence-electron chi connectivity index (χ2n) is 7.17. The maximum Gasteiger partial charge on any atom is 0.325 e. The predicted molar refractivity (Wildman–Crippen MR) is 98.1 cm³/mol. The van der Waals surface area contributed by atoms with Crippen molar-refractivity contribution in [3.05, 3.63) is 64.7 Å². The molecule has 0 spiro atoms. The lowest BCUT2D eigenvalue weighted by atomic mass is 9.91. The van der Waals surface area contributed by atoms with Crippen molar-refractivity contribution in [2.24, 2.45) is 0 Å². The van der Waals surface area contributed by atoms with Crippen molar-refractivity contribution < 1.29 is 14.3 Å². The number of ether oxygens (including phenoxy) is 1. The molecule has 2 aliphatic heterocycles. The van der Waals surface area contributed by atoms with Crippen LogP contribution in [0, 0.1) is 6.92 Å². The number of carbonyl (C=O) groups excluding carboxylic acids is 2. The van der Waals surface area contributed by atoms with Crippen LogP contribution in [-0.4, -0.2) is 30.0 Å². The molecule has 1 atom stereocenters. The van der Waals surface area contributed by atoms with Crippen LogP contribution in [0.2, 0.25) is 0 Å². The molecule has 26 heavy (non-hydrogen) atoms. The summed E-state index contributed by atoms with van der Waals surface area (Å²) in [5, 5.41) is 2.86. The Morgan fingerprint density at radius 2 is 1.92 bits per heavy atom. The van der Waals surface area contributed by atoms with Crippen LogP contribution in [-0.2, 0) is 23.2 Å². The number of nitrogens with zero attached hydrogens (tertiary/aromatic N) is 1. The molecule has 0 bridgehead atoms. The molecule has 3 amide bonds. The molecule has 2 aromatic rings. The van der Waals surface area contributed by atoms with Gasteiger partial charge in [-0.25, -0.2) is 4.79 Å². The molecule has 134 valence electrons. The molecule has 0 saturated carbocycles. The van der Waals surface area contributed by atoms with Crippen LogP contribution in [0.4, 0.5) is 4.79 Å². The van der Waals surface area contributed by atoms with Crippen molar-refractivity contribution in [2.75, 3.05) is 13.2 Å². The van der Waals surface area contributed by atoms with Crippen LogP contribution in [0.3, 0.4) is 0 Å². The minimum Gasteiger partial charge on any atom is -0.493 e. The Morgan fingerprint density at radius 1 is 1.15 bits per heavy atom. The summed E-state index contributed by atoms with van der Waals surface area (Å²) in [7, 11) is 0. The molecule has 2 aliphatic rings. The minimum atomic E-state index is -1.00. The normalized spacial score (nSPS) is 21.5. The molecule has 5 nitrogen and oxygen atoms in total. The second-order valence-corrected chi connectivity index (χ2v) is 7.17. The molecule has 0 unspecified atom stereocenters. The zero-order valence-electron chi connectivity index (χ0n) is 15.0. The minimum absolute atomic E-state index is 0.198. The topological polar surface area (TPSA) is 58.6 Å². The third kappa shape index (κ3) is 2.73. The Balaban J connectivity index is 1.50. The van der Waals surface area contributed by atoms with E-state index in [2.05, 4.69) is 11.4 Å². The highest BCUT2D eigenvalue weighted by atomic mass is 16.5. The first-order valence-electron chi connectivity index (χ1n) is 8.93. The van der Waals surface area contributed by atoms with E-state index in [1.807, 2.05) is 43.3 Å². The van der Waals surface area contributed by atoms with Crippen LogP contribution in [0.1, 0.15) is 29.2 Å². The summed E-state index contributed by atoms with van der Waals surface area (Å²) in [6, 6.07) is 13.5. The standard InChI is InChI=1S/C21H22N2O3/c1-14-3-6-17(7-4-14)21(2)19(24)23(20(25)22-21)11-9-15-5-8-18-16(13-15)10-12-26-18/h3-8,13H,9-12H2,1-2H3,(H,22,25)/t21-/m0/s1. The number of carbonyl (C=O) groups is 2. The largest absolute Gasteiger partial charge is 0.493 e. The molecule has 4 rings (SSSR count). The first kappa shape index (κ1) is 16.6. The highest BCUT2D eigenvalue weighted by Crippen LogP contribution is 2.30. The van der Waals surface area contributed by atoms with Gasteiger partial charge in [-0.15, -0.1) is 0 Å². The molecule has 5 heteroatoms. The summed E-state index contributed by atoms with van der Waals surface area (Å²) in [5.41, 5.74) is 3.23. The van der Waals surface area contributed by atoms with Crippen LogP contribution in [0.5, 0.6) is 5.75 Å². The Labute approximate surface area is 153 Å². The molecule has 1 N–H and O–H groups in total. The van der Waals surface area contributed by atoms with Gasteiger partial charge < -0.3 is 10.1 Å². The highest BCUT2D eigenvalue weighted by Gasteiger charge is 2.48. The van der Waals surface area contributed by atoms with Crippen molar-refractivity contribution in [1.82, 2.24) is 10.2 Å². The first-order valence-corrected chi connectivity index (χ1v) is 8.93. The molecule has 1 fully saturated rings. The number of rotatable bonds is 4. The molecular formula is C21H22N2O3. The molecule has 2 aromatic carbocycles. The van der Waals surface area contributed by atoms with Gasteiger partial charge in [0.25, 0.3) is 5.91 Å². The Kier molecular flexibility index (Phi) is 3.94. The Morgan fingerprint density at radius 3 is 2.69 bits per heavy atom. The highest BCUT2D eigenvalue weighted by molar-refractivity contribution is 6.07. The number of nitrogens with one attached hydrogen (secondary N) is 1. The van der Waals surface area contributed by atoms with E-state index in [0.717, 1.165) is 35.5 Å². The molecule has 0 aromatic heterocycles. The molecule has 0 aliphatic carbocycles. The monoisotopic (exact) mass is 350 g/mol. The van der Waals surface area contributed by atoms with Crippen LogP contribution in [0.25, 0.3) is 0 Å². The number of benzene rings is 2. The summed E-state index contributed by atoms with van der Waals surface area (Å²) in [4.78, 5) is 26.7. The summed E-state index contributed by atoms with van der Waals surface area (Å²) < 4.78 is 5.52. The van der Waals surface area contributed by atoms with E-state index in [1.54, 1.807) is 6.92 Å². The predicted octanol–water partition coefficient (Wildman–Crippen LogP) is 2.94. The van der Waals surface area contributed by atoms with Gasteiger partial charge in [-0.3, -0.25) is 9.69 Å². The van der Waals surface area contributed by atoms with Crippen molar-refractivity contribution >= 4 is 11.9 Å². The van der Waals surface area contributed by atoms with Crippen molar-refractivity contribution in [1.29, 1.82) is 0 Å². The van der Waals surface area contributed by atoms with Crippen LogP contribution < -0.4 is 10.1 Å². The van der Waals surface area contributed by atoms with Crippen molar-refractivity contribution in [2.45, 2.75) is 32.2 Å². The van der Waals surface area contributed by atoms with E-state index in [1.165, 1.54) is 10.5 Å². The fourth-order valence-corrected chi connectivity index (χ4v) is 3.62. The number of imide groups is 1. The fraction of sp³-hybridized carbons (Fsp3) is 0.333. The number of hydrogen-bond donors (Lipinski definition) is 1. The zero-order valence-corrected chi connectivity index (χ0v) is 15.0. The summed E-state index contributed by atoms with van der Waals surface area (Å²) in [6.07, 6.45) is 1.55. The molecule has 1 saturated heterocycles. The van der Waals surface area contributed by atoms with Gasteiger partial charge >= 0.3 is 6.03 Å². The summed E-state index contributed by atoms with van der Waals surface area (Å²) in [6.45, 7) is 4.85. The lowest BCUT2D eigenvalue weighted by Gasteiger charge is -2.22. The average Bonchev–Trinajstić information content (AvgIpc) is 3.17. The van der Waals surface area contributed by atoms with E-state index < -0.39 is 5.54 Å². The van der Waals surface area contributed by atoms with Gasteiger partial charge in [-0.2, -0.15) is 0 Å². The quantitative estimate of drug-likeness (QED) is 0.863. The SMILES string of the molecule is Cc1ccc([C@]2(C)NC(=O)N(CCc3ccc4c(c3)CCO4)C2=O)cc1. The number of aryl methyl sites for hydroxylation is 1. The number of hydrogen-bond acceptors (Lipinski definition) is 3. The first-order chi connectivity index (χ1) is 12.5. The number of fused-ring (bicyclic) bond motifs is 1. The third-order valence-corrected chi connectivity index (χ3v) is 5.28. The van der Waals surface area contributed by atoms with E-state index in [4.69, 9.17) is 4.74 Å². The Hall–Kier alpha value is -2.82. The lowest BCUT2D eigenvalue weighted by Crippen LogP contribution is -2.41. The molecular weight excluding hydrogens is 328 g/mol. The second kappa shape index (κ2) is 6.16. The molecule has 2 heterocycles. The van der Waals surface area contributed by atoms with Gasteiger partial charge in [-0.1, -0.05) is 42.0 Å². The van der Waals surface area contributed by atoms with Crippen LogP contribution in [0.15, 0.2) is 42.5 Å². The van der Waals surface area contributed by atoms with Gasteiger partial charge in [0, 0.05) is 13.0 Å². The zero-order chi connectivity index (χ0) is 18.3. The van der Waals surface area contributed by atoms with E-state index in [-0.39, 0.29) is 11.9 Å². The summed E-state index contributed by atoms with van der Waals surface area (Å²) in [5.74, 6) is 0.742. The van der Waals surface area contributed by atoms with E-state index >= 15 is 0 Å². The van der Waals surface area contributed by atoms with Gasteiger partial charge in [0.15, 0.2) is 0 Å². The van der Waals surface area contributed by atoms with Gasteiger partial charge in [-0.05, 0) is 43.0 Å². The van der Waals surface area contributed by atoms with Crippen molar-refractivity contribution in [3.63, 3.8) is 0 Å². The van der Waals surface area contributed by atoms with E-state index in [0.29, 0.717) is 13.0 Å². The van der Waals surface area contributed by atoms with Crippen molar-refractivity contribution in [3.8, 4) is 5.75 Å². The molecule has 0 radical (unpaired) electrons. The number of urea groups is 1. The maximum atomic E-state index is 13.0. The van der Waals surface area contributed by atoms with E-state index in [9.17, 15) is 9.59 Å². The average molecular weight is 350 g/mol.